The number of hydrogen-bond acceptors (Lipinski definition) is 3. The van der Waals surface area contributed by atoms with Crippen LogP contribution in [0.4, 0.5) is 5.82 Å². The summed E-state index contributed by atoms with van der Waals surface area (Å²) in [7, 11) is 0. The molecule has 4 nitrogen and oxygen atoms in total. The van der Waals surface area contributed by atoms with Crippen molar-refractivity contribution in [2.45, 2.75) is 13.8 Å². The molecule has 0 unspecified atom stereocenters. The number of hydrogen-bond donors (Lipinski definition) is 0. The summed E-state index contributed by atoms with van der Waals surface area (Å²) in [6.07, 6.45) is 7.24. The van der Waals surface area contributed by atoms with E-state index in [1.165, 1.54) is 0 Å². The second-order valence-electron chi connectivity index (χ2n) is 3.32. The normalized spacial score (nSPS) is 12.0. The van der Waals surface area contributed by atoms with Crippen LogP contribution in [0, 0.1) is 6.92 Å². The molecule has 2 aromatic rings. The number of aliphatic imine (C=N–C) groups is 1. The molecular weight excluding hydrogens is 188 g/mol. The lowest BCUT2D eigenvalue weighted by Crippen LogP contribution is -1.92. The first-order chi connectivity index (χ1) is 7.20. The molecule has 2 rings (SSSR count). The molecule has 0 aliphatic rings. The highest BCUT2D eigenvalue weighted by molar-refractivity contribution is 5.94. The molecule has 0 aliphatic carbocycles. The van der Waals surface area contributed by atoms with Gasteiger partial charge in [-0.1, -0.05) is 6.58 Å². The predicted octanol–water partition coefficient (Wildman–Crippen LogP) is 2.32. The highest BCUT2D eigenvalue weighted by Crippen LogP contribution is 2.16. The van der Waals surface area contributed by atoms with Gasteiger partial charge >= 0.3 is 0 Å². The van der Waals surface area contributed by atoms with Gasteiger partial charge < -0.3 is 4.40 Å². The van der Waals surface area contributed by atoms with Gasteiger partial charge in [-0.15, -0.1) is 0 Å². The molecule has 0 aromatic carbocycles. The van der Waals surface area contributed by atoms with Crippen LogP contribution < -0.4 is 0 Å². The number of nitrogens with zero attached hydrogens (tertiary/aromatic N) is 4. The lowest BCUT2D eigenvalue weighted by Gasteiger charge is -2.00. The Bertz CT molecular complexity index is 537. The molecule has 0 aliphatic heterocycles. The number of aromatic nitrogens is 3. The summed E-state index contributed by atoms with van der Waals surface area (Å²) in [5, 5.41) is 0. The second-order valence-corrected chi connectivity index (χ2v) is 3.32. The van der Waals surface area contributed by atoms with E-state index in [0.29, 0.717) is 5.82 Å². The van der Waals surface area contributed by atoms with Crippen LogP contribution in [0.15, 0.2) is 36.2 Å². The van der Waals surface area contributed by atoms with Crippen LogP contribution in [0.3, 0.4) is 0 Å². The molecule has 76 valence electrons. The minimum Gasteiger partial charge on any atom is -0.302 e. The fourth-order valence-corrected chi connectivity index (χ4v) is 1.33. The first kappa shape index (κ1) is 9.58. The molecule has 0 amide bonds. The van der Waals surface area contributed by atoms with Crippen LogP contribution in [-0.2, 0) is 0 Å². The van der Waals surface area contributed by atoms with E-state index in [4.69, 9.17) is 0 Å². The van der Waals surface area contributed by atoms with Gasteiger partial charge in [0.25, 0.3) is 0 Å². The predicted molar refractivity (Wildman–Crippen MR) is 60.7 cm³/mol. The summed E-state index contributed by atoms with van der Waals surface area (Å²) in [5.74, 6) is 0.636. The molecule has 0 atom stereocenters. The standard InChI is InChI=1S/C11H12N4/c1-4-8(2)13-10-11-12-5-6-15(11)7-9(3)14-10/h4-7H,1H2,2-3H3. The first-order valence-corrected chi connectivity index (χ1v) is 4.69. The molecule has 0 N–H and O–H groups in total. The van der Waals surface area contributed by atoms with Crippen molar-refractivity contribution < 1.29 is 0 Å². The van der Waals surface area contributed by atoms with Gasteiger partial charge in [0.1, 0.15) is 0 Å². The van der Waals surface area contributed by atoms with Crippen molar-refractivity contribution in [3.8, 4) is 0 Å². The van der Waals surface area contributed by atoms with Crippen LogP contribution >= 0.6 is 0 Å². The summed E-state index contributed by atoms with van der Waals surface area (Å²) >= 11 is 0. The highest BCUT2D eigenvalue weighted by atomic mass is 15.1. The molecule has 0 bridgehead atoms. The third-order valence-electron chi connectivity index (χ3n) is 2.05. The summed E-state index contributed by atoms with van der Waals surface area (Å²) in [5.41, 5.74) is 2.51. The van der Waals surface area contributed by atoms with Gasteiger partial charge in [0.15, 0.2) is 11.5 Å². The van der Waals surface area contributed by atoms with E-state index in [0.717, 1.165) is 17.1 Å². The largest absolute Gasteiger partial charge is 0.302 e. The molecular formula is C11H12N4. The van der Waals surface area contributed by atoms with E-state index in [9.17, 15) is 0 Å². The maximum Gasteiger partial charge on any atom is 0.196 e. The number of imidazole rings is 1. The van der Waals surface area contributed by atoms with Gasteiger partial charge in [-0.2, -0.15) is 0 Å². The SMILES string of the molecule is C=CC(C)=Nc1nc(C)cn2ccnc12. The van der Waals surface area contributed by atoms with Crippen molar-refractivity contribution in [1.82, 2.24) is 14.4 Å². The van der Waals surface area contributed by atoms with Crippen LogP contribution in [0.5, 0.6) is 0 Å². The fourth-order valence-electron chi connectivity index (χ4n) is 1.33. The second kappa shape index (κ2) is 3.65. The number of allylic oxidation sites excluding steroid dienone is 1. The van der Waals surface area contributed by atoms with Gasteiger partial charge in [-0.05, 0) is 19.9 Å². The lowest BCUT2D eigenvalue weighted by atomic mass is 10.4. The molecule has 0 saturated carbocycles. The van der Waals surface area contributed by atoms with Gasteiger partial charge in [-0.25, -0.2) is 15.0 Å². The van der Waals surface area contributed by atoms with Gasteiger partial charge in [0, 0.05) is 24.3 Å². The maximum absolute atomic E-state index is 4.34. The minimum atomic E-state index is 0.636. The third-order valence-corrected chi connectivity index (χ3v) is 2.05. The average molecular weight is 200 g/mol. The molecule has 2 aromatic heterocycles. The van der Waals surface area contributed by atoms with Crippen molar-refractivity contribution >= 4 is 17.2 Å². The molecule has 0 saturated heterocycles. The summed E-state index contributed by atoms with van der Waals surface area (Å²) < 4.78 is 1.91. The molecule has 0 radical (unpaired) electrons. The van der Waals surface area contributed by atoms with Crippen LogP contribution in [0.1, 0.15) is 12.6 Å². The third kappa shape index (κ3) is 1.79. The van der Waals surface area contributed by atoms with E-state index >= 15 is 0 Å². The van der Waals surface area contributed by atoms with Crippen molar-refractivity contribution in [3.05, 3.63) is 36.9 Å². The fraction of sp³-hybridized carbons (Fsp3) is 0.182. The summed E-state index contributed by atoms with van der Waals surface area (Å²) in [4.78, 5) is 12.9. The first-order valence-electron chi connectivity index (χ1n) is 4.69. The molecule has 0 spiro atoms. The van der Waals surface area contributed by atoms with Crippen molar-refractivity contribution in [2.24, 2.45) is 4.99 Å². The average Bonchev–Trinajstić information content (AvgIpc) is 2.65. The molecule has 2 heterocycles. The smallest absolute Gasteiger partial charge is 0.196 e. The molecule has 4 heteroatoms. The van der Waals surface area contributed by atoms with Gasteiger partial charge in [0.2, 0.25) is 0 Å². The Morgan fingerprint density at radius 2 is 2.40 bits per heavy atom. The van der Waals surface area contributed by atoms with Crippen molar-refractivity contribution in [1.29, 1.82) is 0 Å². The van der Waals surface area contributed by atoms with E-state index < -0.39 is 0 Å². The lowest BCUT2D eigenvalue weighted by molar-refractivity contribution is 1.06. The number of aryl methyl sites for hydroxylation is 1. The zero-order valence-corrected chi connectivity index (χ0v) is 8.81. The Balaban J connectivity index is 2.68. The zero-order valence-electron chi connectivity index (χ0n) is 8.81. The Morgan fingerprint density at radius 3 is 3.13 bits per heavy atom. The zero-order chi connectivity index (χ0) is 10.8. The van der Waals surface area contributed by atoms with E-state index in [1.54, 1.807) is 12.3 Å². The summed E-state index contributed by atoms with van der Waals surface area (Å²) in [6, 6.07) is 0. The minimum absolute atomic E-state index is 0.636. The topological polar surface area (TPSA) is 42.5 Å². The highest BCUT2D eigenvalue weighted by Gasteiger charge is 2.03. The maximum atomic E-state index is 4.34. The quantitative estimate of drug-likeness (QED) is 0.698. The summed E-state index contributed by atoms with van der Waals surface area (Å²) in [6.45, 7) is 7.48. The van der Waals surface area contributed by atoms with Crippen molar-refractivity contribution in [2.75, 3.05) is 0 Å². The number of rotatable bonds is 2. The van der Waals surface area contributed by atoms with Gasteiger partial charge in [0.05, 0.1) is 5.69 Å². The van der Waals surface area contributed by atoms with Crippen molar-refractivity contribution in [3.63, 3.8) is 0 Å². The van der Waals surface area contributed by atoms with Crippen LogP contribution in [0.25, 0.3) is 5.65 Å². The van der Waals surface area contributed by atoms with E-state index in [2.05, 4.69) is 21.5 Å². The Labute approximate surface area is 88.0 Å². The Kier molecular flexibility index (Phi) is 2.33. The Morgan fingerprint density at radius 1 is 1.60 bits per heavy atom. The molecule has 15 heavy (non-hydrogen) atoms. The Hall–Kier alpha value is -1.97. The van der Waals surface area contributed by atoms with Crippen LogP contribution in [-0.4, -0.2) is 20.1 Å². The molecule has 0 fully saturated rings. The number of fused-ring (bicyclic) bond motifs is 1. The monoisotopic (exact) mass is 200 g/mol. The van der Waals surface area contributed by atoms with E-state index in [1.807, 2.05) is 30.6 Å². The van der Waals surface area contributed by atoms with E-state index in [-0.39, 0.29) is 0 Å². The van der Waals surface area contributed by atoms with Gasteiger partial charge in [-0.3, -0.25) is 0 Å². The van der Waals surface area contributed by atoms with Crippen LogP contribution in [0.2, 0.25) is 0 Å².